The lowest BCUT2D eigenvalue weighted by atomic mass is 10.2. The maximum Gasteiger partial charge on any atom is 0.200 e. The second kappa shape index (κ2) is 9.93. The van der Waals surface area contributed by atoms with Crippen LogP contribution >= 0.6 is 7.21 Å². The van der Waals surface area contributed by atoms with E-state index in [9.17, 15) is 43.9 Å². The van der Waals surface area contributed by atoms with Crippen molar-refractivity contribution in [2.45, 2.75) is 0 Å². The number of nitrogens with zero attached hydrogens (tertiary/aromatic N) is 1. The lowest BCUT2D eigenvalue weighted by Crippen LogP contribution is -2.24. The third kappa shape index (κ3) is 4.35. The van der Waals surface area contributed by atoms with Gasteiger partial charge >= 0.3 is 0 Å². The van der Waals surface area contributed by atoms with E-state index in [-0.39, 0.29) is 10.6 Å². The predicted molar refractivity (Wildman–Crippen MR) is 117 cm³/mol. The fourth-order valence-corrected chi connectivity index (χ4v) is 6.44. The molecule has 0 heterocycles. The molecule has 13 heteroatoms. The quantitative estimate of drug-likeness (QED) is 0.118. The predicted octanol–water partition coefficient (Wildman–Crippen LogP) is 7.59. The molecule has 0 spiro atoms. The first-order valence-electron chi connectivity index (χ1n) is 10.1. The molecule has 1 N–H and O–H groups in total. The number of rotatable bonds is 5. The van der Waals surface area contributed by atoms with Crippen molar-refractivity contribution in [2.24, 2.45) is 4.74 Å². The summed E-state index contributed by atoms with van der Waals surface area (Å²) in [4.78, 5) is 0. The van der Waals surface area contributed by atoms with Gasteiger partial charge in [0.2, 0.25) is 11.6 Å². The third-order valence-electron chi connectivity index (χ3n) is 5.18. The highest BCUT2D eigenvalue weighted by Gasteiger charge is 2.34. The Balaban J connectivity index is 2.21. The van der Waals surface area contributed by atoms with Crippen molar-refractivity contribution < 1.29 is 43.9 Å². The van der Waals surface area contributed by atoms with Gasteiger partial charge < -0.3 is 5.09 Å². The smallest absolute Gasteiger partial charge is 0.200 e. The van der Waals surface area contributed by atoms with Gasteiger partial charge in [-0.25, -0.2) is 48.6 Å². The molecule has 4 aromatic rings. The van der Waals surface area contributed by atoms with Crippen LogP contribution in [0.15, 0.2) is 65.4 Å². The first-order valence-corrected chi connectivity index (χ1v) is 11.8. The van der Waals surface area contributed by atoms with Crippen LogP contribution in [-0.4, -0.2) is 0 Å². The van der Waals surface area contributed by atoms with Crippen molar-refractivity contribution in [3.63, 3.8) is 0 Å². The summed E-state index contributed by atoms with van der Waals surface area (Å²) in [5.41, 5.74) is -3.33. The van der Waals surface area contributed by atoms with E-state index in [4.69, 9.17) is 0 Å². The Labute approximate surface area is 202 Å². The van der Waals surface area contributed by atoms with Crippen LogP contribution in [0.25, 0.3) is 0 Å². The fraction of sp³-hybridized carbons (Fsp3) is 0. The molecule has 0 amide bonds. The second-order valence-corrected chi connectivity index (χ2v) is 10.1. The van der Waals surface area contributed by atoms with Gasteiger partial charge in [0.05, 0.1) is 0 Å². The summed E-state index contributed by atoms with van der Waals surface area (Å²) in [6.07, 6.45) is 0. The van der Waals surface area contributed by atoms with Gasteiger partial charge in [-0.1, -0.05) is 60.7 Å². The van der Waals surface area contributed by atoms with E-state index in [0.29, 0.717) is 0 Å². The van der Waals surface area contributed by atoms with Crippen LogP contribution in [0.5, 0.6) is 0 Å². The molecule has 2 nitrogen and oxygen atoms in total. The topological polar surface area (TPSA) is 24.4 Å². The number of anilines is 1. The Morgan fingerprint density at radius 1 is 0.432 bits per heavy atom. The molecule has 192 valence electrons. The molecule has 4 rings (SSSR count). The molecule has 0 aromatic heterocycles. The van der Waals surface area contributed by atoms with Crippen LogP contribution in [-0.2, 0) is 0 Å². The summed E-state index contributed by atoms with van der Waals surface area (Å²) < 4.78 is 146. The summed E-state index contributed by atoms with van der Waals surface area (Å²) in [5, 5.41) is 1.87. The number of hydrogen-bond acceptors (Lipinski definition) is 1. The van der Waals surface area contributed by atoms with Crippen molar-refractivity contribution in [1.29, 1.82) is 0 Å². The van der Waals surface area contributed by atoms with Crippen LogP contribution in [0.4, 0.5) is 55.3 Å². The Hall–Kier alpha value is -3.79. The summed E-state index contributed by atoms with van der Waals surface area (Å²) in [6.45, 7) is 0. The SMILES string of the molecule is Fc1c(F)c(F)c(N=P(Nc2c(F)c(F)c(F)c(F)c2F)(c2ccccc2)c2ccccc2)c(F)c1F. The lowest BCUT2D eigenvalue weighted by Gasteiger charge is -2.29. The number of nitrogens with one attached hydrogen (secondary N) is 1. The van der Waals surface area contributed by atoms with Crippen LogP contribution in [0.2, 0.25) is 0 Å². The number of halogens is 10. The van der Waals surface area contributed by atoms with Gasteiger partial charge in [-0.15, -0.1) is 0 Å². The highest BCUT2D eigenvalue weighted by atomic mass is 31.2. The van der Waals surface area contributed by atoms with Crippen molar-refractivity contribution in [2.75, 3.05) is 5.09 Å². The van der Waals surface area contributed by atoms with Gasteiger partial charge in [-0.2, -0.15) is 0 Å². The number of benzene rings is 4. The summed E-state index contributed by atoms with van der Waals surface area (Å²) in [7, 11) is -4.36. The first-order chi connectivity index (χ1) is 17.5. The van der Waals surface area contributed by atoms with Crippen molar-refractivity contribution in [3.8, 4) is 0 Å². The first kappa shape index (κ1) is 26.3. The summed E-state index contributed by atoms with van der Waals surface area (Å²) >= 11 is 0. The molecular weight excluding hydrogens is 537 g/mol. The largest absolute Gasteiger partial charge is 0.340 e. The van der Waals surface area contributed by atoms with E-state index >= 15 is 0 Å². The Kier molecular flexibility index (Phi) is 7.05. The van der Waals surface area contributed by atoms with Gasteiger partial charge in [0, 0.05) is 10.6 Å². The fourth-order valence-electron chi connectivity index (χ4n) is 3.40. The summed E-state index contributed by atoms with van der Waals surface area (Å²) in [6, 6.07) is 13.2. The molecule has 0 radical (unpaired) electrons. The van der Waals surface area contributed by atoms with E-state index in [1.165, 1.54) is 60.7 Å². The molecule has 0 atom stereocenters. The highest BCUT2D eigenvalue weighted by molar-refractivity contribution is 7.82. The van der Waals surface area contributed by atoms with Gasteiger partial charge in [0.25, 0.3) is 0 Å². The standard InChI is InChI=1S/C24H11F10N2P/c25-13-15(27)19(31)23(20(32)16(13)28)35-37(11-7-3-1-4-8-11,12-9-5-2-6-10-12)36-24-21(33)17(29)14(26)18(30)22(24)34/h1-10,35H. The van der Waals surface area contributed by atoms with E-state index in [1.54, 1.807) is 0 Å². The lowest BCUT2D eigenvalue weighted by molar-refractivity contribution is 0.381. The zero-order valence-corrected chi connectivity index (χ0v) is 18.8. The molecule has 0 aliphatic rings. The van der Waals surface area contributed by atoms with Crippen molar-refractivity contribution >= 4 is 29.2 Å². The van der Waals surface area contributed by atoms with E-state index in [2.05, 4.69) is 9.83 Å². The minimum Gasteiger partial charge on any atom is -0.340 e. The van der Waals surface area contributed by atoms with Crippen molar-refractivity contribution in [3.05, 3.63) is 119 Å². The van der Waals surface area contributed by atoms with Gasteiger partial charge in [-0.3, -0.25) is 0 Å². The van der Waals surface area contributed by atoms with Gasteiger partial charge in [-0.05, 0) is 0 Å². The Bertz CT molecular complexity index is 1460. The Morgan fingerprint density at radius 3 is 1.14 bits per heavy atom. The zero-order chi connectivity index (χ0) is 27.1. The van der Waals surface area contributed by atoms with Crippen molar-refractivity contribution in [1.82, 2.24) is 0 Å². The van der Waals surface area contributed by atoms with Crippen LogP contribution in [0.1, 0.15) is 0 Å². The van der Waals surface area contributed by atoms with Crippen LogP contribution in [0, 0.1) is 58.2 Å². The second-order valence-electron chi connectivity index (χ2n) is 7.38. The molecule has 0 fully saturated rings. The monoisotopic (exact) mass is 548 g/mol. The molecule has 4 aromatic carbocycles. The number of hydrogen-bond donors (Lipinski definition) is 1. The average Bonchev–Trinajstić information content (AvgIpc) is 2.93. The van der Waals surface area contributed by atoms with E-state index in [1.807, 2.05) is 0 Å². The minimum atomic E-state index is -4.36. The maximum atomic E-state index is 14.7. The maximum absolute atomic E-state index is 14.7. The molecular formula is C24H11F10N2P. The van der Waals surface area contributed by atoms with Crippen LogP contribution in [0.3, 0.4) is 0 Å². The zero-order valence-electron chi connectivity index (χ0n) is 17.9. The summed E-state index contributed by atoms with van der Waals surface area (Å²) in [5.74, 6) is -23.7. The molecule has 0 aliphatic heterocycles. The average molecular weight is 548 g/mol. The van der Waals surface area contributed by atoms with Gasteiger partial charge in [0.1, 0.15) is 18.6 Å². The molecule has 0 unspecified atom stereocenters. The minimum absolute atomic E-state index is 0.117. The normalized spacial score (nSPS) is 11.5. The van der Waals surface area contributed by atoms with Gasteiger partial charge in [0.15, 0.2) is 46.5 Å². The molecule has 0 saturated carbocycles. The van der Waals surface area contributed by atoms with E-state index in [0.717, 1.165) is 0 Å². The molecule has 0 aliphatic carbocycles. The highest BCUT2D eigenvalue weighted by Crippen LogP contribution is 2.52. The Morgan fingerprint density at radius 2 is 0.757 bits per heavy atom. The molecule has 0 bridgehead atoms. The third-order valence-corrected chi connectivity index (χ3v) is 8.32. The molecule has 0 saturated heterocycles. The van der Waals surface area contributed by atoms with Crippen LogP contribution < -0.4 is 15.7 Å². The molecule has 37 heavy (non-hydrogen) atoms. The van der Waals surface area contributed by atoms with E-state index < -0.39 is 76.8 Å².